The third-order valence-electron chi connectivity index (χ3n) is 7.94. The molecule has 10 atom stereocenters. The van der Waals surface area contributed by atoms with E-state index in [1.54, 1.807) is 48.5 Å². The first-order valence-corrected chi connectivity index (χ1v) is 13.9. The van der Waals surface area contributed by atoms with Crippen LogP contribution in [0.2, 0.25) is 0 Å². The second kappa shape index (κ2) is 13.2. The number of aromatic nitrogens is 2. The fourth-order valence-electron chi connectivity index (χ4n) is 5.52. The van der Waals surface area contributed by atoms with Crippen LogP contribution < -0.4 is 11.0 Å². The Balaban J connectivity index is 0.000000175. The Labute approximate surface area is 249 Å². The highest BCUT2D eigenvalue weighted by atomic mass is 16.6. The highest BCUT2D eigenvalue weighted by molar-refractivity contribution is 5.79. The minimum Gasteiger partial charge on any atom is -0.394 e. The Hall–Kier alpha value is -3.54. The maximum atomic E-state index is 12.2. The van der Waals surface area contributed by atoms with Gasteiger partial charge in [0.1, 0.15) is 48.8 Å². The van der Waals surface area contributed by atoms with E-state index in [-0.39, 0.29) is 5.43 Å². The zero-order valence-corrected chi connectivity index (χ0v) is 23.2. The minimum absolute atomic E-state index is 0.170. The average molecular weight is 615 g/mol. The van der Waals surface area contributed by atoms with Crippen LogP contribution in [0.15, 0.2) is 82.5 Å². The van der Waals surface area contributed by atoms with Crippen molar-refractivity contribution in [3.63, 3.8) is 0 Å². The summed E-state index contributed by atoms with van der Waals surface area (Å²) in [4.78, 5) is 24.1. The number of aliphatic hydroxyl groups is 8. The first-order valence-electron chi connectivity index (χ1n) is 13.9. The summed E-state index contributed by atoms with van der Waals surface area (Å²) >= 11 is 0. The smallest absolute Gasteiger partial charge is 0.253 e. The molecule has 4 aromatic rings. The SMILES string of the molecule is O=c1ccc2ccccc2n1[C@H]1OC(CO)[C@@H](O)[C@H](O)C1O.O=c1ccn([C@H]2OC(CO)[C@@H](O)[C@H](O)C2O)c2ccccc12. The van der Waals surface area contributed by atoms with Crippen LogP contribution in [0.5, 0.6) is 0 Å². The molecule has 2 aromatic carbocycles. The van der Waals surface area contributed by atoms with Crippen LogP contribution in [-0.4, -0.2) is 112 Å². The third kappa shape index (κ3) is 5.80. The molecule has 8 N–H and O–H groups in total. The lowest BCUT2D eigenvalue weighted by molar-refractivity contribution is -0.251. The van der Waals surface area contributed by atoms with Gasteiger partial charge in [-0.2, -0.15) is 0 Å². The Morgan fingerprint density at radius 1 is 0.591 bits per heavy atom. The van der Waals surface area contributed by atoms with Gasteiger partial charge in [-0.1, -0.05) is 30.3 Å². The number of nitrogens with zero attached hydrogens (tertiary/aromatic N) is 2. The molecule has 0 radical (unpaired) electrons. The number of aliphatic hydroxyl groups excluding tert-OH is 8. The number of hydrogen-bond acceptors (Lipinski definition) is 12. The van der Waals surface area contributed by atoms with Crippen molar-refractivity contribution in [1.29, 1.82) is 0 Å². The maximum Gasteiger partial charge on any atom is 0.253 e. The Morgan fingerprint density at radius 2 is 1.14 bits per heavy atom. The van der Waals surface area contributed by atoms with Gasteiger partial charge in [-0.25, -0.2) is 0 Å². The van der Waals surface area contributed by atoms with E-state index in [4.69, 9.17) is 9.47 Å². The minimum atomic E-state index is -1.53. The number of ether oxygens (including phenoxy) is 2. The van der Waals surface area contributed by atoms with Gasteiger partial charge in [0.25, 0.3) is 5.56 Å². The molecule has 0 spiro atoms. The lowest BCUT2D eigenvalue weighted by Crippen LogP contribution is -2.57. The molecular weight excluding hydrogens is 580 g/mol. The summed E-state index contributed by atoms with van der Waals surface area (Å²) in [5.74, 6) is 0. The first kappa shape index (κ1) is 31.9. The summed E-state index contributed by atoms with van der Waals surface area (Å²) < 4.78 is 13.7. The van der Waals surface area contributed by atoms with E-state index in [1.807, 2.05) is 6.07 Å². The molecule has 0 bridgehead atoms. The summed E-state index contributed by atoms with van der Waals surface area (Å²) in [6.45, 7) is -1.04. The molecule has 44 heavy (non-hydrogen) atoms. The molecule has 6 rings (SSSR count). The Bertz CT molecular complexity index is 1700. The molecule has 0 amide bonds. The summed E-state index contributed by atoms with van der Waals surface area (Å²) in [6.07, 6.45) is -11.6. The molecule has 14 heteroatoms. The van der Waals surface area contributed by atoms with E-state index >= 15 is 0 Å². The van der Waals surface area contributed by atoms with Crippen molar-refractivity contribution in [3.05, 3.63) is 93.5 Å². The predicted octanol–water partition coefficient (Wildman–Crippen LogP) is -2.05. The van der Waals surface area contributed by atoms with Gasteiger partial charge in [0.15, 0.2) is 17.9 Å². The quantitative estimate of drug-likeness (QED) is 0.124. The monoisotopic (exact) mass is 614 g/mol. The standard InChI is InChI=1S/2C15H17NO6/c17-7-11-12(19)13(20)14(21)15(22-11)16-6-5-10(18)8-3-1-2-4-9(8)16;17-7-10-12(19)13(20)14(21)15(22-10)16-9-4-2-1-3-8(9)5-6-11(16)18/h1-6,11-15,17,19-21H,7H2;1-6,10,12-15,17,19-21H,7H2/t11?,12-,13+,14?,15+;10?,12-,13+,14?,15+/m11/s1. The van der Waals surface area contributed by atoms with Gasteiger partial charge in [-0.05, 0) is 29.7 Å². The molecule has 2 aromatic heterocycles. The van der Waals surface area contributed by atoms with Crippen LogP contribution in [0.25, 0.3) is 21.8 Å². The maximum absolute atomic E-state index is 12.2. The van der Waals surface area contributed by atoms with Crippen molar-refractivity contribution in [2.24, 2.45) is 0 Å². The van der Waals surface area contributed by atoms with Gasteiger partial charge in [0, 0.05) is 23.7 Å². The second-order valence-corrected chi connectivity index (χ2v) is 10.6. The van der Waals surface area contributed by atoms with E-state index < -0.39 is 80.1 Å². The molecule has 4 unspecified atom stereocenters. The molecule has 2 aliphatic rings. The average Bonchev–Trinajstić information content (AvgIpc) is 3.04. The summed E-state index contributed by atoms with van der Waals surface area (Å²) in [5.41, 5.74) is 0.470. The Morgan fingerprint density at radius 3 is 1.77 bits per heavy atom. The second-order valence-electron chi connectivity index (χ2n) is 10.6. The van der Waals surface area contributed by atoms with Gasteiger partial charge < -0.3 is 54.9 Å². The summed E-state index contributed by atoms with van der Waals surface area (Å²) in [7, 11) is 0. The molecule has 2 aliphatic heterocycles. The number of pyridine rings is 2. The van der Waals surface area contributed by atoms with Crippen LogP contribution in [0.3, 0.4) is 0 Å². The third-order valence-corrected chi connectivity index (χ3v) is 7.94. The van der Waals surface area contributed by atoms with Gasteiger partial charge in [0.05, 0.1) is 24.2 Å². The van der Waals surface area contributed by atoms with E-state index in [9.17, 15) is 50.4 Å². The number of rotatable bonds is 4. The molecule has 0 saturated carbocycles. The van der Waals surface area contributed by atoms with Crippen molar-refractivity contribution >= 4 is 21.8 Å². The Kier molecular flexibility index (Phi) is 9.57. The lowest BCUT2D eigenvalue weighted by atomic mass is 9.98. The molecular formula is C30H34N2O12. The largest absolute Gasteiger partial charge is 0.394 e. The summed E-state index contributed by atoms with van der Waals surface area (Å²) in [6, 6.07) is 18.2. The fourth-order valence-corrected chi connectivity index (χ4v) is 5.52. The highest BCUT2D eigenvalue weighted by Crippen LogP contribution is 2.31. The molecule has 4 heterocycles. The molecule has 0 aliphatic carbocycles. The van der Waals surface area contributed by atoms with Crippen molar-refractivity contribution in [1.82, 2.24) is 9.13 Å². The lowest BCUT2D eigenvalue weighted by Gasteiger charge is -2.41. The normalized spacial score (nSPS) is 32.3. The van der Waals surface area contributed by atoms with Crippen molar-refractivity contribution in [2.75, 3.05) is 13.2 Å². The van der Waals surface area contributed by atoms with Crippen molar-refractivity contribution < 1.29 is 50.3 Å². The van der Waals surface area contributed by atoms with Crippen molar-refractivity contribution in [2.45, 2.75) is 61.3 Å². The topological polar surface area (TPSA) is 224 Å². The fraction of sp³-hybridized carbons (Fsp3) is 0.400. The van der Waals surface area contributed by atoms with E-state index in [1.165, 1.54) is 27.5 Å². The molecule has 2 fully saturated rings. The molecule has 2 saturated heterocycles. The molecule has 14 nitrogen and oxygen atoms in total. The predicted molar refractivity (Wildman–Crippen MR) is 154 cm³/mol. The van der Waals surface area contributed by atoms with E-state index in [0.29, 0.717) is 16.4 Å². The van der Waals surface area contributed by atoms with Crippen LogP contribution in [0, 0.1) is 0 Å². The van der Waals surface area contributed by atoms with Gasteiger partial charge >= 0.3 is 0 Å². The van der Waals surface area contributed by atoms with Crippen LogP contribution in [-0.2, 0) is 9.47 Å². The zero-order chi connectivity index (χ0) is 31.7. The van der Waals surface area contributed by atoms with Crippen LogP contribution in [0.4, 0.5) is 0 Å². The van der Waals surface area contributed by atoms with Crippen molar-refractivity contribution in [3.8, 4) is 0 Å². The molecule has 236 valence electrons. The number of para-hydroxylation sites is 2. The zero-order valence-electron chi connectivity index (χ0n) is 23.2. The number of benzene rings is 2. The van der Waals surface area contributed by atoms with E-state index in [2.05, 4.69) is 0 Å². The number of hydrogen-bond donors (Lipinski definition) is 8. The number of fused-ring (bicyclic) bond motifs is 2. The highest BCUT2D eigenvalue weighted by Gasteiger charge is 2.45. The van der Waals surface area contributed by atoms with E-state index in [0.717, 1.165) is 5.39 Å². The van der Waals surface area contributed by atoms with Gasteiger partial charge in [0.2, 0.25) is 0 Å². The van der Waals surface area contributed by atoms with Gasteiger partial charge in [-0.15, -0.1) is 0 Å². The first-order chi connectivity index (χ1) is 21.1. The van der Waals surface area contributed by atoms with Crippen LogP contribution in [0.1, 0.15) is 12.5 Å². The van der Waals surface area contributed by atoms with Gasteiger partial charge in [-0.3, -0.25) is 14.2 Å². The summed E-state index contributed by atoms with van der Waals surface area (Å²) in [5, 5.41) is 79.5. The van der Waals surface area contributed by atoms with Crippen LogP contribution >= 0.6 is 0 Å².